The molecule has 0 N–H and O–H groups in total. The van der Waals surface area contributed by atoms with E-state index in [0.29, 0.717) is 24.3 Å². The highest BCUT2D eigenvalue weighted by atomic mass is 35.5. The van der Waals surface area contributed by atoms with Crippen molar-refractivity contribution in [2.75, 3.05) is 31.2 Å². The third kappa shape index (κ3) is 7.14. The average Bonchev–Trinajstić information content (AvgIpc) is 3.63. The number of esters is 2. The number of hydrogen-bond acceptors (Lipinski definition) is 5. The van der Waals surface area contributed by atoms with Gasteiger partial charge in [0.1, 0.15) is 6.54 Å². The van der Waals surface area contributed by atoms with Crippen LogP contribution < -0.4 is 4.90 Å². The van der Waals surface area contributed by atoms with Crippen LogP contribution in [0.15, 0.2) is 82.6 Å². The zero-order valence-corrected chi connectivity index (χ0v) is 32.0. The first-order valence-corrected chi connectivity index (χ1v) is 18.8. The third-order valence-electron chi connectivity index (χ3n) is 10.4. The average molecular weight is 698 g/mol. The minimum atomic E-state index is -0.297. The lowest BCUT2D eigenvalue weighted by atomic mass is 9.80. The molecule has 2 aromatic carbocycles. The van der Waals surface area contributed by atoms with Gasteiger partial charge in [-0.25, -0.2) is 9.59 Å². The van der Waals surface area contributed by atoms with Crippen LogP contribution in [0.5, 0.6) is 0 Å². The lowest BCUT2D eigenvalue weighted by Crippen LogP contribution is -2.28. The number of nitrogens with zero attached hydrogens (tertiary/aromatic N) is 2. The molecule has 0 unspecified atom stereocenters. The summed E-state index contributed by atoms with van der Waals surface area (Å²) in [5.74, 6) is -0.570. The number of carbonyl (C=O) groups excluding carboxylic acids is 2. The van der Waals surface area contributed by atoms with Crippen LogP contribution in [0, 0.1) is 0 Å². The Morgan fingerprint density at radius 3 is 2.10 bits per heavy atom. The Morgan fingerprint density at radius 1 is 0.820 bits per heavy atom. The number of rotatable bonds is 13. The normalized spacial score (nSPS) is 19.3. The van der Waals surface area contributed by atoms with Crippen LogP contribution in [-0.4, -0.2) is 48.5 Å². The van der Waals surface area contributed by atoms with Crippen LogP contribution >= 0.6 is 11.6 Å². The van der Waals surface area contributed by atoms with E-state index in [9.17, 15) is 9.59 Å². The number of unbranched alkanes of at least 4 members (excludes halogenated alkanes) is 2. The maximum Gasteiger partial charge on any atom is 0.338 e. The molecule has 0 bridgehead atoms. The maximum atomic E-state index is 12.6. The van der Waals surface area contributed by atoms with Crippen molar-refractivity contribution in [1.82, 2.24) is 0 Å². The van der Waals surface area contributed by atoms with Gasteiger partial charge in [0.15, 0.2) is 5.71 Å². The van der Waals surface area contributed by atoms with Crippen LogP contribution in [0.3, 0.4) is 0 Å². The zero-order valence-electron chi connectivity index (χ0n) is 31.2. The van der Waals surface area contributed by atoms with Gasteiger partial charge in [-0.05, 0) is 100 Å². The smallest absolute Gasteiger partial charge is 0.338 e. The van der Waals surface area contributed by atoms with E-state index in [2.05, 4.69) is 87.5 Å². The summed E-state index contributed by atoms with van der Waals surface area (Å²) in [5.41, 5.74) is 9.84. The number of fused-ring (bicyclic) bond motifs is 2. The molecule has 2 heterocycles. The van der Waals surface area contributed by atoms with E-state index >= 15 is 0 Å². The van der Waals surface area contributed by atoms with Gasteiger partial charge in [0.2, 0.25) is 5.69 Å². The van der Waals surface area contributed by atoms with E-state index in [1.54, 1.807) is 0 Å². The monoisotopic (exact) mass is 697 g/mol. The molecular formula is C43H54ClN2O4+. The minimum Gasteiger partial charge on any atom is -0.462 e. The molecule has 0 radical (unpaired) electrons. The molecule has 0 saturated heterocycles. The fraction of sp³-hybridized carbons (Fsp3) is 0.465. The van der Waals surface area contributed by atoms with Gasteiger partial charge in [-0.3, -0.25) is 0 Å². The fourth-order valence-corrected chi connectivity index (χ4v) is 7.83. The SMILES string of the molecule is CCCCN1/C(=C/C=C2\CCC(/C=C/C3=[N+](CCCC)c4ccc(C(=O)OCC)cc4C3(C)C)=C2Cl)C(C)(C)c2cc(C(=O)OCC)ccc21. The second-order valence-corrected chi connectivity index (χ2v) is 14.8. The summed E-state index contributed by atoms with van der Waals surface area (Å²) in [5, 5.41) is 0.815. The quantitative estimate of drug-likeness (QED) is 0.154. The van der Waals surface area contributed by atoms with Crippen LogP contribution in [0.25, 0.3) is 0 Å². The number of halogens is 1. The van der Waals surface area contributed by atoms with E-state index < -0.39 is 0 Å². The Balaban J connectivity index is 1.46. The lowest BCUT2D eigenvalue weighted by molar-refractivity contribution is -0.438. The van der Waals surface area contributed by atoms with Gasteiger partial charge in [0.25, 0.3) is 0 Å². The summed E-state index contributed by atoms with van der Waals surface area (Å²) in [6.45, 7) is 19.5. The Labute approximate surface area is 304 Å². The van der Waals surface area contributed by atoms with Gasteiger partial charge in [-0.15, -0.1) is 0 Å². The van der Waals surface area contributed by atoms with Gasteiger partial charge in [-0.2, -0.15) is 4.58 Å². The van der Waals surface area contributed by atoms with Crippen molar-refractivity contribution < 1.29 is 23.6 Å². The number of hydrogen-bond donors (Lipinski definition) is 0. The molecule has 1 aliphatic carbocycles. The number of ether oxygens (including phenoxy) is 2. The number of carbonyl (C=O) groups is 2. The molecule has 6 nitrogen and oxygen atoms in total. The van der Waals surface area contributed by atoms with Crippen molar-refractivity contribution >= 4 is 40.6 Å². The first-order chi connectivity index (χ1) is 23.9. The van der Waals surface area contributed by atoms with Crippen molar-refractivity contribution in [3.05, 3.63) is 105 Å². The van der Waals surface area contributed by atoms with Crippen molar-refractivity contribution in [3.63, 3.8) is 0 Å². The molecule has 2 aliphatic heterocycles. The van der Waals surface area contributed by atoms with Gasteiger partial charge in [-0.1, -0.05) is 64.3 Å². The Morgan fingerprint density at radius 2 is 1.46 bits per heavy atom. The molecule has 0 atom stereocenters. The van der Waals surface area contributed by atoms with Crippen molar-refractivity contribution in [2.45, 2.75) is 105 Å². The summed E-state index contributed by atoms with van der Waals surface area (Å²) in [6, 6.07) is 11.9. The van der Waals surface area contributed by atoms with Crippen molar-refractivity contribution in [2.24, 2.45) is 0 Å². The molecule has 0 spiro atoms. The number of anilines is 1. The molecule has 0 fully saturated rings. The van der Waals surface area contributed by atoms with Gasteiger partial charge in [0, 0.05) is 52.5 Å². The van der Waals surface area contributed by atoms with E-state index in [0.717, 1.165) is 90.3 Å². The summed E-state index contributed by atoms with van der Waals surface area (Å²) < 4.78 is 13.0. The summed E-state index contributed by atoms with van der Waals surface area (Å²) in [7, 11) is 0. The van der Waals surface area contributed by atoms with Gasteiger partial charge in [0.05, 0.1) is 29.8 Å². The van der Waals surface area contributed by atoms with Crippen LogP contribution in [0.1, 0.15) is 126 Å². The summed E-state index contributed by atoms with van der Waals surface area (Å²) in [4.78, 5) is 27.6. The molecule has 50 heavy (non-hydrogen) atoms. The molecule has 3 aliphatic rings. The molecule has 266 valence electrons. The molecule has 0 aromatic heterocycles. The van der Waals surface area contributed by atoms with E-state index in [1.807, 2.05) is 38.1 Å². The minimum absolute atomic E-state index is 0.285. The van der Waals surface area contributed by atoms with Gasteiger partial charge < -0.3 is 14.4 Å². The topological polar surface area (TPSA) is 58.8 Å². The molecule has 5 rings (SSSR count). The summed E-state index contributed by atoms with van der Waals surface area (Å²) in [6.07, 6.45) is 14.9. The largest absolute Gasteiger partial charge is 0.462 e. The molecule has 7 heteroatoms. The van der Waals surface area contributed by atoms with Crippen molar-refractivity contribution in [3.8, 4) is 0 Å². The summed E-state index contributed by atoms with van der Waals surface area (Å²) >= 11 is 7.14. The molecule has 0 amide bonds. The second kappa shape index (κ2) is 15.6. The van der Waals surface area contributed by atoms with Gasteiger partial charge >= 0.3 is 11.9 Å². The first kappa shape index (κ1) is 37.4. The van der Waals surface area contributed by atoms with E-state index in [4.69, 9.17) is 21.1 Å². The van der Waals surface area contributed by atoms with Crippen LogP contribution in [-0.2, 0) is 20.3 Å². The zero-order chi connectivity index (χ0) is 36.2. The predicted octanol–water partition coefficient (Wildman–Crippen LogP) is 10.5. The lowest BCUT2D eigenvalue weighted by Gasteiger charge is -2.27. The highest BCUT2D eigenvalue weighted by molar-refractivity contribution is 6.33. The molecule has 0 saturated carbocycles. The maximum absolute atomic E-state index is 12.6. The van der Waals surface area contributed by atoms with E-state index in [1.165, 1.54) is 11.4 Å². The number of allylic oxidation sites excluding steroid dienone is 8. The highest BCUT2D eigenvalue weighted by Crippen LogP contribution is 2.49. The standard InChI is InChI=1S/C43H54ClN2O4/c1-9-13-25-45-35-21-17-31(40(47)49-11-3)27-33(35)42(5,6)37(45)23-19-29-15-16-30(39(29)44)20-24-38-43(7,8)34-28-32(41(48)50-12-4)18-22-36(34)46(38)26-14-10-2/h17-24,27-28H,9-16,25-26H2,1-8H3/q+1. The van der Waals surface area contributed by atoms with E-state index in [-0.39, 0.29) is 22.8 Å². The molecular weight excluding hydrogens is 644 g/mol. The first-order valence-electron chi connectivity index (χ1n) is 18.4. The van der Waals surface area contributed by atoms with Crippen molar-refractivity contribution in [1.29, 1.82) is 0 Å². The fourth-order valence-electron chi connectivity index (χ4n) is 7.52. The molecule has 2 aromatic rings. The second-order valence-electron chi connectivity index (χ2n) is 14.5. The Bertz CT molecular complexity index is 1810. The van der Waals surface area contributed by atoms with Crippen LogP contribution in [0.4, 0.5) is 11.4 Å². The third-order valence-corrected chi connectivity index (χ3v) is 10.9. The van der Waals surface area contributed by atoms with Crippen LogP contribution in [0.2, 0.25) is 0 Å². The Kier molecular flexibility index (Phi) is 11.6. The Hall–Kier alpha value is -3.90. The predicted molar refractivity (Wildman–Crippen MR) is 205 cm³/mol. The number of benzene rings is 2. The highest BCUT2D eigenvalue weighted by Gasteiger charge is 2.45.